The average molecular weight is 363 g/mol. The highest BCUT2D eigenvalue weighted by Gasteiger charge is 2.20. The molecule has 5 heteroatoms. The van der Waals surface area contributed by atoms with E-state index in [1.54, 1.807) is 6.07 Å². The molecule has 0 radical (unpaired) electrons. The van der Waals surface area contributed by atoms with Gasteiger partial charge in [0.1, 0.15) is 11.5 Å². The average Bonchev–Trinajstić information content (AvgIpc) is 3.06. The number of nitrogens with one attached hydrogen (secondary N) is 2. The fourth-order valence-corrected chi connectivity index (χ4v) is 3.63. The lowest BCUT2D eigenvalue weighted by atomic mass is 9.90. The van der Waals surface area contributed by atoms with Crippen molar-refractivity contribution < 1.29 is 9.18 Å². The summed E-state index contributed by atoms with van der Waals surface area (Å²) in [5.41, 5.74) is 6.40. The smallest absolute Gasteiger partial charge is 0.288 e. The number of amides is 1. The molecule has 4 rings (SSSR count). The zero-order chi connectivity index (χ0) is 18.8. The largest absolute Gasteiger partial charge is 0.350 e. The molecule has 4 nitrogen and oxygen atoms in total. The van der Waals surface area contributed by atoms with E-state index >= 15 is 0 Å². The number of hydrogen-bond donors (Lipinski definition) is 2. The third-order valence-corrected chi connectivity index (χ3v) is 5.22. The maximum Gasteiger partial charge on any atom is 0.288 e. The van der Waals surface area contributed by atoms with Crippen molar-refractivity contribution in [2.45, 2.75) is 32.6 Å². The van der Waals surface area contributed by atoms with Gasteiger partial charge in [0.05, 0.1) is 0 Å². The fraction of sp³-hybridized carbons (Fsp3) is 0.273. The first-order valence-corrected chi connectivity index (χ1v) is 9.34. The first-order chi connectivity index (χ1) is 13.1. The van der Waals surface area contributed by atoms with Gasteiger partial charge in [-0.2, -0.15) is 5.10 Å². The minimum atomic E-state index is -0.331. The number of fused-ring (bicyclic) bond motifs is 1. The van der Waals surface area contributed by atoms with Crippen molar-refractivity contribution in [1.82, 2.24) is 10.4 Å². The highest BCUT2D eigenvalue weighted by atomic mass is 19.1. The van der Waals surface area contributed by atoms with E-state index in [4.69, 9.17) is 0 Å². The van der Waals surface area contributed by atoms with Gasteiger partial charge in [0.25, 0.3) is 5.91 Å². The van der Waals surface area contributed by atoms with Crippen LogP contribution in [0.4, 0.5) is 4.39 Å². The molecule has 1 aromatic heterocycles. The van der Waals surface area contributed by atoms with Gasteiger partial charge in [0.2, 0.25) is 0 Å². The molecule has 2 N–H and O–H groups in total. The third-order valence-electron chi connectivity index (χ3n) is 5.22. The van der Waals surface area contributed by atoms with Gasteiger partial charge in [-0.25, -0.2) is 9.82 Å². The topological polar surface area (TPSA) is 57.2 Å². The van der Waals surface area contributed by atoms with Crippen molar-refractivity contribution in [3.63, 3.8) is 0 Å². The molecular weight excluding hydrogens is 341 g/mol. The Labute approximate surface area is 157 Å². The number of benzene rings is 2. The molecule has 1 fully saturated rings. The van der Waals surface area contributed by atoms with Gasteiger partial charge in [0, 0.05) is 22.2 Å². The molecule has 1 aliphatic carbocycles. The van der Waals surface area contributed by atoms with Crippen LogP contribution in [0.25, 0.3) is 22.0 Å². The third kappa shape index (κ3) is 3.63. The van der Waals surface area contributed by atoms with Gasteiger partial charge in [-0.15, -0.1) is 0 Å². The molecule has 0 bridgehead atoms. The van der Waals surface area contributed by atoms with Crippen LogP contribution in [0.1, 0.15) is 43.1 Å². The monoisotopic (exact) mass is 363 g/mol. The normalized spacial score (nSPS) is 17.1. The molecule has 1 amide bonds. The Kier molecular flexibility index (Phi) is 4.75. The van der Waals surface area contributed by atoms with Crippen molar-refractivity contribution in [2.75, 3.05) is 0 Å². The molecule has 0 aliphatic heterocycles. The standard InChI is InChI=1S/C22H22FN3O/c1-14-7-10-17(11-8-14)25-26-22(27)21-20(15-5-3-2-4-6-15)18-13-16(23)9-12-19(18)24-21/h2-6,9,12-14,24H,7-8,10-11H2,1H3,(H,26,27). The van der Waals surface area contributed by atoms with Gasteiger partial charge < -0.3 is 4.98 Å². The molecular formula is C22H22FN3O. The zero-order valence-corrected chi connectivity index (χ0v) is 15.3. The van der Waals surface area contributed by atoms with Gasteiger partial charge in [0.15, 0.2) is 0 Å². The van der Waals surface area contributed by atoms with E-state index in [-0.39, 0.29) is 11.7 Å². The Morgan fingerprint density at radius 1 is 1.15 bits per heavy atom. The summed E-state index contributed by atoms with van der Waals surface area (Å²) < 4.78 is 13.8. The summed E-state index contributed by atoms with van der Waals surface area (Å²) in [5.74, 6) is 0.0757. The van der Waals surface area contributed by atoms with Crippen molar-refractivity contribution in [2.24, 2.45) is 11.0 Å². The van der Waals surface area contributed by atoms with E-state index in [0.29, 0.717) is 22.6 Å². The number of carbonyl (C=O) groups excluding carboxylic acids is 1. The predicted molar refractivity (Wildman–Crippen MR) is 106 cm³/mol. The summed E-state index contributed by atoms with van der Waals surface area (Å²) in [6.45, 7) is 2.24. The summed E-state index contributed by atoms with van der Waals surface area (Å²) >= 11 is 0. The molecule has 27 heavy (non-hydrogen) atoms. The first kappa shape index (κ1) is 17.5. The number of hydrazone groups is 1. The first-order valence-electron chi connectivity index (χ1n) is 9.34. The number of halogens is 1. The van der Waals surface area contributed by atoms with Gasteiger partial charge in [-0.1, -0.05) is 37.3 Å². The molecule has 0 unspecified atom stereocenters. The lowest BCUT2D eigenvalue weighted by molar-refractivity contribution is 0.0951. The van der Waals surface area contributed by atoms with Crippen LogP contribution in [0.3, 0.4) is 0 Å². The molecule has 0 spiro atoms. The Morgan fingerprint density at radius 3 is 2.63 bits per heavy atom. The van der Waals surface area contributed by atoms with Crippen LogP contribution in [0, 0.1) is 11.7 Å². The van der Waals surface area contributed by atoms with Crippen LogP contribution >= 0.6 is 0 Å². The van der Waals surface area contributed by atoms with Crippen molar-refractivity contribution in [3.8, 4) is 11.1 Å². The SMILES string of the molecule is CC1CCC(=NNC(=O)c2[nH]c3ccc(F)cc3c2-c2ccccc2)CC1. The molecule has 1 aliphatic rings. The van der Waals surface area contributed by atoms with Crippen LogP contribution in [0.2, 0.25) is 0 Å². The Hall–Kier alpha value is -2.95. The molecule has 0 atom stereocenters. The molecule has 1 heterocycles. The van der Waals surface area contributed by atoms with E-state index in [1.165, 1.54) is 12.1 Å². The number of nitrogens with zero attached hydrogens (tertiary/aromatic N) is 1. The van der Waals surface area contributed by atoms with Crippen LogP contribution in [-0.4, -0.2) is 16.6 Å². The van der Waals surface area contributed by atoms with Crippen LogP contribution in [0.15, 0.2) is 53.6 Å². The Morgan fingerprint density at radius 2 is 1.89 bits per heavy atom. The summed E-state index contributed by atoms with van der Waals surface area (Å²) in [5, 5.41) is 5.03. The molecule has 138 valence electrons. The van der Waals surface area contributed by atoms with E-state index in [2.05, 4.69) is 22.4 Å². The van der Waals surface area contributed by atoms with Gasteiger partial charge in [-0.05, 0) is 55.4 Å². The van der Waals surface area contributed by atoms with E-state index < -0.39 is 0 Å². The maximum atomic E-state index is 13.8. The maximum absolute atomic E-state index is 13.8. The second-order valence-electron chi connectivity index (χ2n) is 7.23. The highest BCUT2D eigenvalue weighted by Crippen LogP contribution is 2.33. The lowest BCUT2D eigenvalue weighted by Crippen LogP contribution is -2.22. The molecule has 3 aromatic rings. The Balaban J connectivity index is 1.70. The second kappa shape index (κ2) is 7.35. The van der Waals surface area contributed by atoms with Crippen molar-refractivity contribution in [3.05, 3.63) is 60.0 Å². The molecule has 1 saturated carbocycles. The minimum absolute atomic E-state index is 0.309. The number of aromatic nitrogens is 1. The molecule has 0 saturated heterocycles. The van der Waals surface area contributed by atoms with E-state index in [1.807, 2.05) is 30.3 Å². The van der Waals surface area contributed by atoms with Crippen molar-refractivity contribution in [1.29, 1.82) is 0 Å². The highest BCUT2D eigenvalue weighted by molar-refractivity contribution is 6.09. The van der Waals surface area contributed by atoms with Gasteiger partial charge >= 0.3 is 0 Å². The van der Waals surface area contributed by atoms with E-state index in [0.717, 1.165) is 42.5 Å². The van der Waals surface area contributed by atoms with E-state index in [9.17, 15) is 9.18 Å². The second-order valence-corrected chi connectivity index (χ2v) is 7.23. The number of hydrogen-bond acceptors (Lipinski definition) is 2. The summed E-state index contributed by atoms with van der Waals surface area (Å²) in [6, 6.07) is 14.0. The van der Waals surface area contributed by atoms with Crippen LogP contribution in [0.5, 0.6) is 0 Å². The minimum Gasteiger partial charge on any atom is -0.350 e. The fourth-order valence-electron chi connectivity index (χ4n) is 3.63. The number of aromatic amines is 1. The molecule has 2 aromatic carbocycles. The number of carbonyl (C=O) groups is 1. The summed E-state index contributed by atoms with van der Waals surface area (Å²) in [6.07, 6.45) is 4.06. The quantitative estimate of drug-likeness (QED) is 0.612. The number of H-pyrrole nitrogens is 1. The predicted octanol–water partition coefficient (Wildman–Crippen LogP) is 5.27. The zero-order valence-electron chi connectivity index (χ0n) is 15.3. The lowest BCUT2D eigenvalue weighted by Gasteiger charge is -2.18. The summed E-state index contributed by atoms with van der Waals surface area (Å²) in [7, 11) is 0. The van der Waals surface area contributed by atoms with Gasteiger partial charge in [-0.3, -0.25) is 4.79 Å². The number of rotatable bonds is 3. The van der Waals surface area contributed by atoms with Crippen molar-refractivity contribution >= 4 is 22.5 Å². The van der Waals surface area contributed by atoms with Crippen LogP contribution in [-0.2, 0) is 0 Å². The summed E-state index contributed by atoms with van der Waals surface area (Å²) in [4.78, 5) is 16.0. The Bertz CT molecular complexity index is 997. The van der Waals surface area contributed by atoms with Crippen LogP contribution < -0.4 is 5.43 Å².